The Morgan fingerprint density at radius 1 is 0.588 bits per heavy atom. The lowest BCUT2D eigenvalue weighted by molar-refractivity contribution is 0.0476. The van der Waals surface area contributed by atoms with Crippen LogP contribution in [0.1, 0.15) is 137 Å². The maximum Gasteiger partial charge on any atom is 0.0571 e. The summed E-state index contributed by atoms with van der Waals surface area (Å²) in [5.74, 6) is 0. The van der Waals surface area contributed by atoms with Crippen LogP contribution in [-0.2, 0) is 0 Å². The molecule has 0 unspecified atom stereocenters. The van der Waals surface area contributed by atoms with Gasteiger partial charge in [-0.05, 0) is 84.2 Å². The highest BCUT2D eigenvalue weighted by atomic mass is 16.7. The van der Waals surface area contributed by atoms with Crippen molar-refractivity contribution in [3.05, 3.63) is 0 Å². The van der Waals surface area contributed by atoms with Crippen LogP contribution in [0.4, 0.5) is 0 Å². The van der Waals surface area contributed by atoms with E-state index >= 15 is 0 Å². The summed E-state index contributed by atoms with van der Waals surface area (Å²) in [6.07, 6.45) is 22.5. The molecule has 2 N–H and O–H groups in total. The molecule has 0 radical (unpaired) electrons. The van der Waals surface area contributed by atoms with Gasteiger partial charge in [-0.2, -0.15) is 0 Å². The Kier molecular flexibility index (Phi) is 14.6. The second-order valence-corrected chi connectivity index (χ2v) is 11.4. The maximum absolute atomic E-state index is 4.01. The Hall–Kier alpha value is -0.160. The van der Waals surface area contributed by atoms with E-state index in [0.29, 0.717) is 17.2 Å². The smallest absolute Gasteiger partial charge is 0.0571 e. The minimum absolute atomic E-state index is 0.442. The van der Waals surface area contributed by atoms with E-state index in [9.17, 15) is 0 Å². The van der Waals surface area contributed by atoms with Gasteiger partial charge in [0.05, 0.1) is 6.17 Å². The molecule has 0 aromatic rings. The molecule has 0 atom stereocenters. The second kappa shape index (κ2) is 16.6. The first kappa shape index (κ1) is 30.1. The van der Waals surface area contributed by atoms with Crippen LogP contribution in [-0.4, -0.2) is 66.3 Å². The number of nitrogens with one attached hydrogen (secondary N) is 2. The zero-order valence-electron chi connectivity index (χ0n) is 24.0. The van der Waals surface area contributed by atoms with Crippen molar-refractivity contribution in [2.45, 2.75) is 155 Å². The van der Waals surface area contributed by atoms with Gasteiger partial charge in [0.25, 0.3) is 0 Å². The van der Waals surface area contributed by atoms with E-state index in [1.54, 1.807) is 0 Å². The first-order valence-electron chi connectivity index (χ1n) is 15.6. The fraction of sp³-hybridized carbons (Fsp3) is 1.00. The van der Waals surface area contributed by atoms with Crippen molar-refractivity contribution in [3.63, 3.8) is 0 Å². The summed E-state index contributed by atoms with van der Waals surface area (Å²) in [6, 6.07) is 0. The molecule has 0 spiro atoms. The Balaban J connectivity index is 1.93. The van der Waals surface area contributed by atoms with Gasteiger partial charge in [-0.1, -0.05) is 92.4 Å². The van der Waals surface area contributed by atoms with E-state index in [1.807, 2.05) is 0 Å². The van der Waals surface area contributed by atoms with Crippen LogP contribution in [0.3, 0.4) is 0 Å². The molecule has 4 nitrogen and oxygen atoms in total. The van der Waals surface area contributed by atoms with E-state index in [1.165, 1.54) is 129 Å². The van der Waals surface area contributed by atoms with Gasteiger partial charge in [0.15, 0.2) is 0 Å². The third-order valence-corrected chi connectivity index (χ3v) is 9.50. The highest BCUT2D eigenvalue weighted by molar-refractivity contribution is 4.94. The van der Waals surface area contributed by atoms with Crippen molar-refractivity contribution in [1.29, 1.82) is 0 Å². The fourth-order valence-electron chi connectivity index (χ4n) is 7.49. The quantitative estimate of drug-likeness (QED) is 0.164. The summed E-state index contributed by atoms with van der Waals surface area (Å²) in [4.78, 5) is 5.56. The molecule has 202 valence electrons. The zero-order valence-corrected chi connectivity index (χ0v) is 24.0. The molecule has 2 saturated carbocycles. The predicted molar refractivity (Wildman–Crippen MR) is 151 cm³/mol. The Morgan fingerprint density at radius 2 is 1.00 bits per heavy atom. The molecule has 4 heteroatoms. The zero-order chi connectivity index (χ0) is 24.7. The molecule has 0 heterocycles. The molecule has 0 aliphatic heterocycles. The van der Waals surface area contributed by atoms with Crippen LogP contribution in [0.2, 0.25) is 0 Å². The van der Waals surface area contributed by atoms with Crippen molar-refractivity contribution >= 4 is 0 Å². The van der Waals surface area contributed by atoms with Gasteiger partial charge >= 0.3 is 0 Å². The predicted octanol–water partition coefficient (Wildman–Crippen LogP) is 6.94. The normalized spacial score (nSPS) is 20.5. The van der Waals surface area contributed by atoms with Crippen LogP contribution in [0.15, 0.2) is 0 Å². The summed E-state index contributed by atoms with van der Waals surface area (Å²) in [5, 5.41) is 8.02. The highest BCUT2D eigenvalue weighted by Crippen LogP contribution is 2.37. The topological polar surface area (TPSA) is 30.5 Å². The van der Waals surface area contributed by atoms with Gasteiger partial charge in [-0.25, -0.2) is 0 Å². The lowest BCUT2D eigenvalue weighted by Gasteiger charge is -2.47. The molecule has 2 rings (SSSR count). The molecular formula is C30H62N4. The minimum atomic E-state index is 0.442. The van der Waals surface area contributed by atoms with Gasteiger partial charge in [-0.3, -0.25) is 9.80 Å². The van der Waals surface area contributed by atoms with Gasteiger partial charge in [-0.15, -0.1) is 0 Å². The Morgan fingerprint density at radius 3 is 1.35 bits per heavy atom. The van der Waals surface area contributed by atoms with Gasteiger partial charge in [0.1, 0.15) is 0 Å². The van der Waals surface area contributed by atoms with E-state index in [4.69, 9.17) is 0 Å². The molecule has 2 aliphatic rings. The van der Waals surface area contributed by atoms with Crippen molar-refractivity contribution in [1.82, 2.24) is 20.4 Å². The van der Waals surface area contributed by atoms with E-state index < -0.39 is 0 Å². The van der Waals surface area contributed by atoms with Crippen LogP contribution in [0.5, 0.6) is 0 Å². The maximum atomic E-state index is 4.01. The molecule has 34 heavy (non-hydrogen) atoms. The monoisotopic (exact) mass is 483 g/mol. The average Bonchev–Trinajstić information content (AvgIpc) is 2.86. The number of nitrogens with zero attached hydrogens (tertiary/aromatic N) is 2. The van der Waals surface area contributed by atoms with Gasteiger partial charge in [0, 0.05) is 11.1 Å². The van der Waals surface area contributed by atoms with Crippen LogP contribution < -0.4 is 10.6 Å². The summed E-state index contributed by atoms with van der Waals surface area (Å²) in [6.45, 7) is 18.9. The number of unbranched alkanes of at least 4 members (excludes halogenated alkanes) is 2. The van der Waals surface area contributed by atoms with Crippen LogP contribution >= 0.6 is 0 Å². The van der Waals surface area contributed by atoms with Crippen molar-refractivity contribution in [2.75, 3.05) is 39.3 Å². The molecule has 2 fully saturated rings. The molecule has 0 bridgehead atoms. The van der Waals surface area contributed by atoms with Crippen LogP contribution in [0, 0.1) is 0 Å². The molecule has 2 aliphatic carbocycles. The fourth-order valence-corrected chi connectivity index (χ4v) is 7.49. The average molecular weight is 483 g/mol. The number of rotatable bonds is 18. The first-order valence-corrected chi connectivity index (χ1v) is 15.6. The minimum Gasteiger partial charge on any atom is -0.302 e. The standard InChI is InChI=1S/C30H62N4/c1-6-11-14-19-28(31-26-24-29(33(7-2)8-3)20-15-12-16-21-29)32-27-25-30(34(9-4)10-5)22-17-13-18-23-30/h28,31-32H,6-27H2,1-5H3/i33+2,34+2. The summed E-state index contributed by atoms with van der Waals surface area (Å²) >= 11 is 0. The third-order valence-electron chi connectivity index (χ3n) is 9.50. The van der Waals surface area contributed by atoms with Crippen molar-refractivity contribution in [2.24, 2.45) is 0 Å². The highest BCUT2D eigenvalue weighted by Gasteiger charge is 2.37. The number of hydrogen-bond donors (Lipinski definition) is 2. The molecule has 0 aromatic carbocycles. The van der Waals surface area contributed by atoms with E-state index in [2.05, 4.69) is 55.1 Å². The first-order chi connectivity index (χ1) is 16.6. The SMILES string of the molecule is CCCCCC(NCCC1([16N](CC)CC)CCCCC1)NCCC1([16N](CC)CC)CCCCC1. The number of hydrogen-bond acceptors (Lipinski definition) is 4. The lowest BCUT2D eigenvalue weighted by Crippen LogP contribution is -2.54. The van der Waals surface area contributed by atoms with E-state index in [-0.39, 0.29) is 0 Å². The summed E-state index contributed by atoms with van der Waals surface area (Å²) < 4.78 is 0. The van der Waals surface area contributed by atoms with Gasteiger partial charge in [0.2, 0.25) is 0 Å². The molecular weight excluding hydrogens is 420 g/mol. The van der Waals surface area contributed by atoms with Crippen molar-refractivity contribution in [3.8, 4) is 0 Å². The van der Waals surface area contributed by atoms with E-state index in [0.717, 1.165) is 13.1 Å². The summed E-state index contributed by atoms with van der Waals surface area (Å²) in [5.41, 5.74) is 0.884. The summed E-state index contributed by atoms with van der Waals surface area (Å²) in [7, 11) is 0. The Labute approximate surface area is 214 Å². The van der Waals surface area contributed by atoms with Crippen molar-refractivity contribution < 1.29 is 0 Å². The molecule has 0 aromatic heterocycles. The Bertz CT molecular complexity index is 448. The molecule has 0 saturated heterocycles. The van der Waals surface area contributed by atoms with Gasteiger partial charge < -0.3 is 10.6 Å². The lowest BCUT2D eigenvalue weighted by atomic mass is 9.81. The third kappa shape index (κ3) is 8.75. The van der Waals surface area contributed by atoms with Crippen LogP contribution in [0.25, 0.3) is 0 Å². The second-order valence-electron chi connectivity index (χ2n) is 11.4. The largest absolute Gasteiger partial charge is 0.302 e. The molecule has 0 amide bonds.